The van der Waals surface area contributed by atoms with E-state index in [1.165, 1.54) is 0 Å². The second-order valence-electron chi connectivity index (χ2n) is 3.28. The second kappa shape index (κ2) is 4.14. The minimum absolute atomic E-state index is 0.667. The first-order valence-corrected chi connectivity index (χ1v) is 5.83. The SMILES string of the molecule is CNCc1nc(N)c2c(n1)CSCC2. The molecule has 0 saturated carbocycles. The van der Waals surface area contributed by atoms with Crippen molar-refractivity contribution in [2.24, 2.45) is 0 Å². The Labute approximate surface area is 87.7 Å². The van der Waals surface area contributed by atoms with Gasteiger partial charge in [-0.25, -0.2) is 9.97 Å². The van der Waals surface area contributed by atoms with Crippen molar-refractivity contribution in [3.63, 3.8) is 0 Å². The summed E-state index contributed by atoms with van der Waals surface area (Å²) in [4.78, 5) is 8.76. The molecule has 0 unspecified atom stereocenters. The molecule has 0 radical (unpaired) electrons. The molecular weight excluding hydrogens is 196 g/mol. The molecule has 0 spiro atoms. The fraction of sp³-hybridized carbons (Fsp3) is 0.556. The molecule has 2 heterocycles. The number of thioether (sulfide) groups is 1. The molecule has 0 bridgehead atoms. The van der Waals surface area contributed by atoms with Crippen LogP contribution in [-0.4, -0.2) is 22.8 Å². The van der Waals surface area contributed by atoms with Gasteiger partial charge in [0.15, 0.2) is 0 Å². The summed E-state index contributed by atoms with van der Waals surface area (Å²) >= 11 is 1.91. The monoisotopic (exact) mass is 210 g/mol. The summed E-state index contributed by atoms with van der Waals surface area (Å²) in [7, 11) is 1.88. The summed E-state index contributed by atoms with van der Waals surface area (Å²) in [6.07, 6.45) is 1.01. The highest BCUT2D eigenvalue weighted by Crippen LogP contribution is 2.25. The van der Waals surface area contributed by atoms with Crippen molar-refractivity contribution in [2.75, 3.05) is 18.5 Å². The van der Waals surface area contributed by atoms with E-state index in [1.54, 1.807) is 0 Å². The molecule has 0 saturated heterocycles. The van der Waals surface area contributed by atoms with Gasteiger partial charge >= 0.3 is 0 Å². The van der Waals surface area contributed by atoms with Gasteiger partial charge < -0.3 is 11.1 Å². The van der Waals surface area contributed by atoms with Gasteiger partial charge in [-0.3, -0.25) is 0 Å². The summed E-state index contributed by atoms with van der Waals surface area (Å²) in [5.74, 6) is 3.57. The summed E-state index contributed by atoms with van der Waals surface area (Å²) < 4.78 is 0. The molecule has 0 aliphatic carbocycles. The Hall–Kier alpha value is -0.810. The van der Waals surface area contributed by atoms with Gasteiger partial charge in [-0.05, 0) is 19.2 Å². The van der Waals surface area contributed by atoms with Crippen LogP contribution in [0.25, 0.3) is 0 Å². The molecule has 1 aliphatic rings. The highest BCUT2D eigenvalue weighted by atomic mass is 32.2. The van der Waals surface area contributed by atoms with Crippen LogP contribution in [0.5, 0.6) is 0 Å². The number of rotatable bonds is 2. The van der Waals surface area contributed by atoms with E-state index in [-0.39, 0.29) is 0 Å². The van der Waals surface area contributed by atoms with Crippen molar-refractivity contribution in [2.45, 2.75) is 18.7 Å². The van der Waals surface area contributed by atoms with Gasteiger partial charge in [-0.2, -0.15) is 11.8 Å². The molecule has 4 nitrogen and oxygen atoms in total. The third kappa shape index (κ3) is 1.83. The molecule has 0 fully saturated rings. The van der Waals surface area contributed by atoms with Crippen LogP contribution in [0.1, 0.15) is 17.1 Å². The number of hydrogen-bond acceptors (Lipinski definition) is 5. The first-order valence-electron chi connectivity index (χ1n) is 4.67. The Morgan fingerprint density at radius 3 is 3.14 bits per heavy atom. The topological polar surface area (TPSA) is 63.8 Å². The number of anilines is 1. The van der Waals surface area contributed by atoms with Crippen LogP contribution in [0.2, 0.25) is 0 Å². The van der Waals surface area contributed by atoms with Crippen LogP contribution in [-0.2, 0) is 18.7 Å². The molecule has 0 atom stereocenters. The lowest BCUT2D eigenvalue weighted by Crippen LogP contribution is -2.16. The Morgan fingerprint density at radius 1 is 1.50 bits per heavy atom. The zero-order chi connectivity index (χ0) is 9.97. The Kier molecular flexibility index (Phi) is 2.88. The maximum absolute atomic E-state index is 5.88. The van der Waals surface area contributed by atoms with E-state index in [0.29, 0.717) is 12.4 Å². The molecule has 0 amide bonds. The van der Waals surface area contributed by atoms with Crippen LogP contribution < -0.4 is 11.1 Å². The van der Waals surface area contributed by atoms with Crippen molar-refractivity contribution in [3.05, 3.63) is 17.1 Å². The molecule has 1 aliphatic heterocycles. The number of aromatic nitrogens is 2. The lowest BCUT2D eigenvalue weighted by molar-refractivity contribution is 0.748. The van der Waals surface area contributed by atoms with Crippen LogP contribution in [0.15, 0.2) is 0 Å². The van der Waals surface area contributed by atoms with Gasteiger partial charge in [0.1, 0.15) is 11.6 Å². The van der Waals surface area contributed by atoms with E-state index < -0.39 is 0 Å². The second-order valence-corrected chi connectivity index (χ2v) is 4.39. The van der Waals surface area contributed by atoms with E-state index in [9.17, 15) is 0 Å². The molecule has 5 heteroatoms. The van der Waals surface area contributed by atoms with E-state index in [4.69, 9.17) is 5.73 Å². The van der Waals surface area contributed by atoms with Crippen molar-refractivity contribution in [1.82, 2.24) is 15.3 Å². The summed E-state index contributed by atoms with van der Waals surface area (Å²) in [6.45, 7) is 0.683. The Balaban J connectivity index is 2.36. The smallest absolute Gasteiger partial charge is 0.144 e. The summed E-state index contributed by atoms with van der Waals surface area (Å²) in [6, 6.07) is 0. The van der Waals surface area contributed by atoms with Crippen molar-refractivity contribution in [1.29, 1.82) is 0 Å². The number of fused-ring (bicyclic) bond motifs is 1. The molecule has 3 N–H and O–H groups in total. The van der Waals surface area contributed by atoms with Gasteiger partial charge in [0.05, 0.1) is 12.2 Å². The average Bonchev–Trinajstić information content (AvgIpc) is 2.18. The van der Waals surface area contributed by atoms with Crippen LogP contribution in [0, 0.1) is 0 Å². The third-order valence-electron chi connectivity index (χ3n) is 2.24. The minimum atomic E-state index is 0.667. The predicted molar refractivity (Wildman–Crippen MR) is 59.1 cm³/mol. The Bertz CT molecular complexity index is 340. The highest BCUT2D eigenvalue weighted by Gasteiger charge is 2.15. The van der Waals surface area contributed by atoms with Gasteiger partial charge in [0, 0.05) is 11.3 Å². The van der Waals surface area contributed by atoms with E-state index in [1.807, 2.05) is 18.8 Å². The number of hydrogen-bond donors (Lipinski definition) is 2. The number of nitrogens with one attached hydrogen (secondary N) is 1. The van der Waals surface area contributed by atoms with Crippen molar-refractivity contribution >= 4 is 17.6 Å². The fourth-order valence-electron chi connectivity index (χ4n) is 1.57. The van der Waals surface area contributed by atoms with Crippen LogP contribution in [0.3, 0.4) is 0 Å². The zero-order valence-corrected chi connectivity index (χ0v) is 9.02. The number of nitrogen functional groups attached to an aromatic ring is 1. The average molecular weight is 210 g/mol. The van der Waals surface area contributed by atoms with Gasteiger partial charge in [-0.1, -0.05) is 0 Å². The quantitative estimate of drug-likeness (QED) is 0.747. The maximum atomic E-state index is 5.88. The summed E-state index contributed by atoms with van der Waals surface area (Å²) in [5, 5.41) is 3.03. The van der Waals surface area contributed by atoms with E-state index >= 15 is 0 Å². The van der Waals surface area contributed by atoms with E-state index in [0.717, 1.165) is 35.0 Å². The van der Waals surface area contributed by atoms with Crippen LogP contribution >= 0.6 is 11.8 Å². The zero-order valence-electron chi connectivity index (χ0n) is 8.21. The molecular formula is C9H14N4S. The molecule has 1 aromatic rings. The van der Waals surface area contributed by atoms with Crippen LogP contribution in [0.4, 0.5) is 5.82 Å². The van der Waals surface area contributed by atoms with Gasteiger partial charge in [0.2, 0.25) is 0 Å². The highest BCUT2D eigenvalue weighted by molar-refractivity contribution is 7.98. The maximum Gasteiger partial charge on any atom is 0.144 e. The lowest BCUT2D eigenvalue weighted by atomic mass is 10.1. The lowest BCUT2D eigenvalue weighted by Gasteiger charge is -2.16. The molecule has 0 aromatic carbocycles. The number of nitrogens with two attached hydrogens (primary N) is 1. The predicted octanol–water partition coefficient (Wildman–Crippen LogP) is 0.567. The van der Waals surface area contributed by atoms with Crippen molar-refractivity contribution < 1.29 is 0 Å². The molecule has 2 rings (SSSR count). The standard InChI is InChI=1S/C9H14N4S/c1-11-4-8-12-7-5-14-3-2-6(7)9(10)13-8/h11H,2-5H2,1H3,(H2,10,12,13). The Morgan fingerprint density at radius 2 is 2.36 bits per heavy atom. The number of nitrogens with zero attached hydrogens (tertiary/aromatic N) is 2. The van der Waals surface area contributed by atoms with Crippen molar-refractivity contribution in [3.8, 4) is 0 Å². The summed E-state index contributed by atoms with van der Waals surface area (Å²) in [5.41, 5.74) is 8.16. The van der Waals surface area contributed by atoms with Gasteiger partial charge in [-0.15, -0.1) is 0 Å². The molecule has 1 aromatic heterocycles. The van der Waals surface area contributed by atoms with E-state index in [2.05, 4.69) is 15.3 Å². The normalized spacial score (nSPS) is 15.2. The fourth-order valence-corrected chi connectivity index (χ4v) is 2.50. The molecule has 76 valence electrons. The third-order valence-corrected chi connectivity index (χ3v) is 3.21. The minimum Gasteiger partial charge on any atom is -0.383 e. The first-order chi connectivity index (χ1) is 6.81. The molecule has 14 heavy (non-hydrogen) atoms. The first kappa shape index (κ1) is 9.73. The van der Waals surface area contributed by atoms with Gasteiger partial charge in [0.25, 0.3) is 0 Å². The largest absolute Gasteiger partial charge is 0.383 e.